The lowest BCUT2D eigenvalue weighted by atomic mass is 10.1. The minimum Gasteiger partial charge on any atom is -0.465 e. The van der Waals surface area contributed by atoms with Crippen molar-refractivity contribution in [3.05, 3.63) is 63.5 Å². The van der Waals surface area contributed by atoms with E-state index in [4.69, 9.17) is 21.1 Å². The van der Waals surface area contributed by atoms with E-state index in [-0.39, 0.29) is 16.8 Å². The van der Waals surface area contributed by atoms with Gasteiger partial charge in [-0.1, -0.05) is 29.8 Å². The molecule has 0 spiro atoms. The number of anilines is 1. The van der Waals surface area contributed by atoms with Gasteiger partial charge in [0.05, 0.1) is 28.9 Å². The van der Waals surface area contributed by atoms with Crippen LogP contribution in [0.4, 0.5) is 5.69 Å². The number of carbonyl (C=O) groups is 3. The Morgan fingerprint density at radius 2 is 1.73 bits per heavy atom. The van der Waals surface area contributed by atoms with Crippen LogP contribution >= 0.6 is 22.9 Å². The maximum absolute atomic E-state index is 12.9. The number of halogens is 1. The molecule has 0 bridgehead atoms. The number of benzene rings is 2. The SMILES string of the molecule is COC(=O)c1ccc(C(=O)OC(C)(C)C)cc1NC(=O)c1sc2ccccc2c1Cl. The number of ether oxygens (including phenoxy) is 2. The van der Waals surface area contributed by atoms with Gasteiger partial charge < -0.3 is 14.8 Å². The highest BCUT2D eigenvalue weighted by molar-refractivity contribution is 7.21. The van der Waals surface area contributed by atoms with Gasteiger partial charge >= 0.3 is 11.9 Å². The highest BCUT2D eigenvalue weighted by Gasteiger charge is 2.23. The standard InChI is InChI=1S/C22H20ClNO5S/c1-22(2,3)29-20(26)12-9-10-13(21(27)28-4)15(11-12)24-19(25)18-17(23)14-7-5-6-8-16(14)30-18/h5-11H,1-4H3,(H,24,25). The Kier molecular flexibility index (Phi) is 6.14. The number of rotatable bonds is 4. The maximum atomic E-state index is 12.9. The van der Waals surface area contributed by atoms with Crippen molar-refractivity contribution in [2.45, 2.75) is 26.4 Å². The van der Waals surface area contributed by atoms with Crippen LogP contribution in [0.1, 0.15) is 51.2 Å². The molecule has 156 valence electrons. The van der Waals surface area contributed by atoms with Crippen molar-refractivity contribution >= 4 is 56.6 Å². The minimum atomic E-state index is -0.688. The largest absolute Gasteiger partial charge is 0.465 e. The lowest BCUT2D eigenvalue weighted by Gasteiger charge is -2.20. The van der Waals surface area contributed by atoms with E-state index < -0.39 is 23.4 Å². The maximum Gasteiger partial charge on any atom is 0.339 e. The van der Waals surface area contributed by atoms with Crippen LogP contribution < -0.4 is 5.32 Å². The van der Waals surface area contributed by atoms with Crippen molar-refractivity contribution in [1.29, 1.82) is 0 Å². The molecule has 0 saturated heterocycles. The van der Waals surface area contributed by atoms with E-state index in [0.717, 1.165) is 10.1 Å². The lowest BCUT2D eigenvalue weighted by Crippen LogP contribution is -2.24. The molecule has 6 nitrogen and oxygen atoms in total. The molecule has 2 aromatic carbocycles. The summed E-state index contributed by atoms with van der Waals surface area (Å²) in [5.74, 6) is -1.72. The summed E-state index contributed by atoms with van der Waals surface area (Å²) in [6.45, 7) is 5.25. The van der Waals surface area contributed by atoms with Gasteiger partial charge in [-0.15, -0.1) is 11.3 Å². The summed E-state index contributed by atoms with van der Waals surface area (Å²) >= 11 is 7.62. The summed E-state index contributed by atoms with van der Waals surface area (Å²) in [6.07, 6.45) is 0. The number of esters is 2. The van der Waals surface area contributed by atoms with Crippen molar-refractivity contribution in [3.8, 4) is 0 Å². The van der Waals surface area contributed by atoms with E-state index in [1.165, 1.54) is 36.6 Å². The van der Waals surface area contributed by atoms with E-state index in [1.807, 2.05) is 24.3 Å². The highest BCUT2D eigenvalue weighted by Crippen LogP contribution is 2.35. The third-order valence-corrected chi connectivity index (χ3v) is 5.72. The normalized spacial score (nSPS) is 11.2. The Morgan fingerprint density at radius 3 is 2.37 bits per heavy atom. The average molecular weight is 446 g/mol. The first-order valence-electron chi connectivity index (χ1n) is 9.05. The van der Waals surface area contributed by atoms with Crippen molar-refractivity contribution in [2.75, 3.05) is 12.4 Å². The Balaban J connectivity index is 1.98. The number of thiophene rings is 1. The summed E-state index contributed by atoms with van der Waals surface area (Å²) in [4.78, 5) is 37.8. The zero-order valence-corrected chi connectivity index (χ0v) is 18.4. The number of nitrogens with one attached hydrogen (secondary N) is 1. The zero-order chi connectivity index (χ0) is 22.1. The third kappa shape index (κ3) is 4.63. The Labute approximate surface area is 182 Å². The third-order valence-electron chi connectivity index (χ3n) is 4.05. The van der Waals surface area contributed by atoms with Crippen molar-refractivity contribution in [3.63, 3.8) is 0 Å². The van der Waals surface area contributed by atoms with Crippen molar-refractivity contribution in [1.82, 2.24) is 0 Å². The number of hydrogen-bond acceptors (Lipinski definition) is 6. The molecule has 0 aliphatic carbocycles. The van der Waals surface area contributed by atoms with Gasteiger partial charge in [0.15, 0.2) is 0 Å². The predicted octanol–water partition coefficient (Wildman–Crippen LogP) is 5.55. The van der Waals surface area contributed by atoms with Crippen LogP contribution in [0.15, 0.2) is 42.5 Å². The smallest absolute Gasteiger partial charge is 0.339 e. The summed E-state index contributed by atoms with van der Waals surface area (Å²) in [7, 11) is 1.23. The Bertz CT molecular complexity index is 1150. The average Bonchev–Trinajstić information content (AvgIpc) is 3.03. The van der Waals surface area contributed by atoms with Gasteiger partial charge in [0.1, 0.15) is 10.5 Å². The molecule has 30 heavy (non-hydrogen) atoms. The number of methoxy groups -OCH3 is 1. The van der Waals surface area contributed by atoms with Crippen molar-refractivity contribution < 1.29 is 23.9 Å². The van der Waals surface area contributed by atoms with E-state index in [9.17, 15) is 14.4 Å². The topological polar surface area (TPSA) is 81.7 Å². The highest BCUT2D eigenvalue weighted by atomic mass is 35.5. The van der Waals surface area contributed by atoms with Gasteiger partial charge in [-0.3, -0.25) is 4.79 Å². The van der Waals surface area contributed by atoms with Crippen LogP contribution in [-0.4, -0.2) is 30.6 Å². The molecule has 0 unspecified atom stereocenters. The molecular formula is C22H20ClNO5S. The first-order chi connectivity index (χ1) is 14.1. The molecule has 1 aromatic heterocycles. The second kappa shape index (κ2) is 8.45. The van der Waals surface area contributed by atoms with E-state index in [2.05, 4.69) is 5.32 Å². The fraction of sp³-hybridized carbons (Fsp3) is 0.227. The molecule has 0 saturated carbocycles. The van der Waals surface area contributed by atoms with E-state index in [1.54, 1.807) is 20.8 Å². The molecule has 8 heteroatoms. The fourth-order valence-corrected chi connectivity index (χ4v) is 4.15. The zero-order valence-electron chi connectivity index (χ0n) is 16.9. The molecule has 0 aliphatic heterocycles. The first-order valence-corrected chi connectivity index (χ1v) is 10.2. The van der Waals surface area contributed by atoms with Crippen LogP contribution in [0.25, 0.3) is 10.1 Å². The van der Waals surface area contributed by atoms with Crippen LogP contribution in [0.2, 0.25) is 5.02 Å². The number of amides is 1. The minimum absolute atomic E-state index is 0.107. The van der Waals surface area contributed by atoms with E-state index in [0.29, 0.717) is 9.90 Å². The molecule has 1 heterocycles. The number of fused-ring (bicyclic) bond motifs is 1. The molecule has 0 radical (unpaired) electrons. The van der Waals surface area contributed by atoms with Crippen LogP contribution in [0.5, 0.6) is 0 Å². The van der Waals surface area contributed by atoms with Gasteiger partial charge in [0, 0.05) is 10.1 Å². The van der Waals surface area contributed by atoms with Gasteiger partial charge in [-0.05, 0) is 45.0 Å². The fourth-order valence-electron chi connectivity index (χ4n) is 2.74. The molecule has 0 atom stereocenters. The van der Waals surface area contributed by atoms with Crippen LogP contribution in [0.3, 0.4) is 0 Å². The second-order valence-electron chi connectivity index (χ2n) is 7.45. The van der Waals surface area contributed by atoms with Gasteiger partial charge in [0.2, 0.25) is 0 Å². The van der Waals surface area contributed by atoms with E-state index >= 15 is 0 Å². The summed E-state index contributed by atoms with van der Waals surface area (Å²) in [5, 5.41) is 3.78. The van der Waals surface area contributed by atoms with Crippen LogP contribution in [0, 0.1) is 0 Å². The Morgan fingerprint density at radius 1 is 1.03 bits per heavy atom. The van der Waals surface area contributed by atoms with Gasteiger partial charge in [0.25, 0.3) is 5.91 Å². The molecular weight excluding hydrogens is 426 g/mol. The molecule has 0 aliphatic rings. The molecule has 3 rings (SSSR count). The summed E-state index contributed by atoms with van der Waals surface area (Å²) in [6, 6.07) is 11.6. The molecule has 1 amide bonds. The van der Waals surface area contributed by atoms with Gasteiger partial charge in [-0.25, -0.2) is 9.59 Å². The number of hydrogen-bond donors (Lipinski definition) is 1. The Hall–Kier alpha value is -2.90. The number of carbonyl (C=O) groups excluding carboxylic acids is 3. The van der Waals surface area contributed by atoms with Crippen molar-refractivity contribution in [2.24, 2.45) is 0 Å². The van der Waals surface area contributed by atoms with Crippen LogP contribution in [-0.2, 0) is 9.47 Å². The molecule has 1 N–H and O–H groups in total. The summed E-state index contributed by atoms with van der Waals surface area (Å²) in [5.41, 5.74) is -0.263. The second-order valence-corrected chi connectivity index (χ2v) is 8.88. The molecule has 0 fully saturated rings. The quantitative estimate of drug-likeness (QED) is 0.532. The first kappa shape index (κ1) is 21.8. The lowest BCUT2D eigenvalue weighted by molar-refractivity contribution is 0.00690. The molecule has 3 aromatic rings. The monoisotopic (exact) mass is 445 g/mol. The predicted molar refractivity (Wildman–Crippen MR) is 118 cm³/mol. The summed E-state index contributed by atoms with van der Waals surface area (Å²) < 4.78 is 11.0. The van der Waals surface area contributed by atoms with Gasteiger partial charge in [-0.2, -0.15) is 0 Å².